The quantitative estimate of drug-likeness (QED) is 0.570. The molecule has 0 radical (unpaired) electrons. The van der Waals surface area contributed by atoms with Crippen molar-refractivity contribution in [3.8, 4) is 11.3 Å². The Bertz CT molecular complexity index is 835. The third kappa shape index (κ3) is 2.06. The van der Waals surface area contributed by atoms with Gasteiger partial charge in [0, 0.05) is 16.5 Å². The molecule has 0 amide bonds. The number of hydrogen-bond donors (Lipinski definition) is 1. The molecule has 0 unspecified atom stereocenters. The minimum Gasteiger partial charge on any atom is -0.354 e. The Labute approximate surface area is 134 Å². The molecule has 102 valence electrons. The number of aryl methyl sites for hydroxylation is 1. The zero-order chi connectivity index (χ0) is 14.4. The van der Waals surface area contributed by atoms with Crippen molar-refractivity contribution >= 4 is 63.3 Å². The summed E-state index contributed by atoms with van der Waals surface area (Å²) in [6, 6.07) is 5.43. The van der Waals surface area contributed by atoms with Gasteiger partial charge in [-0.05, 0) is 24.6 Å². The van der Waals surface area contributed by atoms with E-state index in [1.165, 1.54) is 11.3 Å². The first-order chi connectivity index (χ1) is 9.52. The summed E-state index contributed by atoms with van der Waals surface area (Å²) in [6.45, 7) is 1.95. The van der Waals surface area contributed by atoms with Crippen LogP contribution in [0.3, 0.4) is 0 Å². The van der Waals surface area contributed by atoms with Crippen LogP contribution >= 0.6 is 46.1 Å². The molecule has 0 spiro atoms. The van der Waals surface area contributed by atoms with Gasteiger partial charge >= 0.3 is 0 Å². The van der Waals surface area contributed by atoms with E-state index in [1.807, 2.05) is 13.0 Å². The lowest BCUT2D eigenvalue weighted by atomic mass is 10.1. The molecule has 20 heavy (non-hydrogen) atoms. The highest BCUT2D eigenvalue weighted by molar-refractivity contribution is 7.20. The number of hydrogen-bond acceptors (Lipinski definition) is 2. The summed E-state index contributed by atoms with van der Waals surface area (Å²) in [5.74, 6) is 0. The molecule has 0 fully saturated rings. The Morgan fingerprint density at radius 2 is 2.00 bits per heavy atom. The average molecular weight is 345 g/mol. The third-order valence-corrected chi connectivity index (χ3v) is 5.00. The van der Waals surface area contributed by atoms with E-state index in [-0.39, 0.29) is 0 Å². The number of fused-ring (bicyclic) bond motifs is 1. The summed E-state index contributed by atoms with van der Waals surface area (Å²) < 4.78 is 1.11. The Morgan fingerprint density at radius 3 is 2.60 bits per heavy atom. The van der Waals surface area contributed by atoms with Gasteiger partial charge in [0.05, 0.1) is 20.6 Å². The number of halogens is 3. The summed E-state index contributed by atoms with van der Waals surface area (Å²) in [5.41, 5.74) is 3.73. The SMILES string of the molecule is Cc1ccc(Cl)c2c(C=O)c(-c3cc(Cl)sc3Cl)[nH]c12. The van der Waals surface area contributed by atoms with Crippen LogP contribution in [0.2, 0.25) is 13.7 Å². The lowest BCUT2D eigenvalue weighted by Crippen LogP contribution is -1.83. The number of carbonyl (C=O) groups excluding carboxylic acids is 1. The summed E-state index contributed by atoms with van der Waals surface area (Å²) in [5, 5.41) is 1.25. The number of carbonyl (C=O) groups is 1. The predicted molar refractivity (Wildman–Crippen MR) is 86.8 cm³/mol. The van der Waals surface area contributed by atoms with Gasteiger partial charge in [0.15, 0.2) is 6.29 Å². The number of nitrogens with one attached hydrogen (secondary N) is 1. The number of rotatable bonds is 2. The standard InChI is InChI=1S/C14H8Cl3NOS/c1-6-2-3-9(15)11-8(5-19)13(18-12(6)11)7-4-10(16)20-14(7)17/h2-5,18H,1H3. The van der Waals surface area contributed by atoms with Crippen molar-refractivity contribution in [2.75, 3.05) is 0 Å². The van der Waals surface area contributed by atoms with Crippen molar-refractivity contribution < 1.29 is 4.79 Å². The van der Waals surface area contributed by atoms with Crippen LogP contribution in [-0.2, 0) is 0 Å². The van der Waals surface area contributed by atoms with E-state index in [2.05, 4.69) is 4.98 Å². The van der Waals surface area contributed by atoms with Gasteiger partial charge in [-0.15, -0.1) is 11.3 Å². The Hall–Kier alpha value is -1.000. The largest absolute Gasteiger partial charge is 0.354 e. The smallest absolute Gasteiger partial charge is 0.152 e. The van der Waals surface area contributed by atoms with Crippen molar-refractivity contribution in [3.05, 3.63) is 43.0 Å². The van der Waals surface area contributed by atoms with Gasteiger partial charge in [0.25, 0.3) is 0 Å². The van der Waals surface area contributed by atoms with Crippen molar-refractivity contribution in [3.63, 3.8) is 0 Å². The van der Waals surface area contributed by atoms with Crippen LogP contribution in [0.5, 0.6) is 0 Å². The van der Waals surface area contributed by atoms with E-state index in [4.69, 9.17) is 34.8 Å². The lowest BCUT2D eigenvalue weighted by Gasteiger charge is -1.98. The molecule has 0 bridgehead atoms. The molecular weight excluding hydrogens is 337 g/mol. The van der Waals surface area contributed by atoms with Gasteiger partial charge in [0.1, 0.15) is 4.34 Å². The van der Waals surface area contributed by atoms with Crippen molar-refractivity contribution in [2.24, 2.45) is 0 Å². The van der Waals surface area contributed by atoms with E-state index in [1.54, 1.807) is 12.1 Å². The zero-order valence-electron chi connectivity index (χ0n) is 10.3. The van der Waals surface area contributed by atoms with Crippen molar-refractivity contribution in [2.45, 2.75) is 6.92 Å². The second kappa shape index (κ2) is 5.08. The minimum atomic E-state index is 0.505. The molecule has 3 aromatic rings. The number of H-pyrrole nitrogens is 1. The maximum Gasteiger partial charge on any atom is 0.152 e. The van der Waals surface area contributed by atoms with Crippen molar-refractivity contribution in [1.29, 1.82) is 0 Å². The molecule has 3 rings (SSSR count). The molecule has 6 heteroatoms. The molecule has 0 atom stereocenters. The Morgan fingerprint density at radius 1 is 1.25 bits per heavy atom. The fourth-order valence-electron chi connectivity index (χ4n) is 2.26. The topological polar surface area (TPSA) is 32.9 Å². The van der Waals surface area contributed by atoms with Crippen LogP contribution in [0.4, 0.5) is 0 Å². The minimum absolute atomic E-state index is 0.505. The van der Waals surface area contributed by atoms with Gasteiger partial charge in [-0.25, -0.2) is 0 Å². The molecule has 0 aliphatic rings. The lowest BCUT2D eigenvalue weighted by molar-refractivity contribution is 0.112. The van der Waals surface area contributed by atoms with E-state index < -0.39 is 0 Å². The maximum absolute atomic E-state index is 11.5. The predicted octanol–water partition coefficient (Wildman–Crippen LogP) is 5.98. The van der Waals surface area contributed by atoms with Crippen LogP contribution in [0, 0.1) is 6.92 Å². The summed E-state index contributed by atoms with van der Waals surface area (Å²) in [7, 11) is 0. The molecule has 2 nitrogen and oxygen atoms in total. The van der Waals surface area contributed by atoms with Gasteiger partial charge < -0.3 is 4.98 Å². The number of aldehydes is 1. The second-order valence-corrected chi connectivity index (χ2v) is 7.08. The highest BCUT2D eigenvalue weighted by atomic mass is 35.5. The van der Waals surface area contributed by atoms with Gasteiger partial charge in [0.2, 0.25) is 0 Å². The van der Waals surface area contributed by atoms with Gasteiger partial charge in [-0.1, -0.05) is 40.9 Å². The van der Waals surface area contributed by atoms with E-state index in [0.717, 1.165) is 28.3 Å². The first-order valence-electron chi connectivity index (χ1n) is 5.74. The van der Waals surface area contributed by atoms with E-state index >= 15 is 0 Å². The molecule has 0 saturated heterocycles. The highest BCUT2D eigenvalue weighted by Crippen LogP contribution is 2.42. The van der Waals surface area contributed by atoms with Crippen LogP contribution in [0.25, 0.3) is 22.2 Å². The Kier molecular flexibility index (Phi) is 3.55. The molecule has 2 heterocycles. The number of aromatic nitrogens is 1. The molecule has 0 saturated carbocycles. The number of aromatic amines is 1. The third-order valence-electron chi connectivity index (χ3n) is 3.20. The van der Waals surface area contributed by atoms with E-state index in [9.17, 15) is 4.79 Å². The normalized spacial score (nSPS) is 11.2. The van der Waals surface area contributed by atoms with E-state index in [0.29, 0.717) is 25.0 Å². The molecule has 1 aromatic carbocycles. The molecule has 2 aromatic heterocycles. The maximum atomic E-state index is 11.5. The fraction of sp³-hybridized carbons (Fsp3) is 0.0714. The first-order valence-corrected chi connectivity index (χ1v) is 7.69. The monoisotopic (exact) mass is 343 g/mol. The van der Waals surface area contributed by atoms with Crippen LogP contribution in [0.15, 0.2) is 18.2 Å². The van der Waals surface area contributed by atoms with Crippen LogP contribution < -0.4 is 0 Å². The number of benzene rings is 1. The average Bonchev–Trinajstić information content (AvgIpc) is 2.94. The Balaban J connectivity index is 2.43. The van der Waals surface area contributed by atoms with Gasteiger partial charge in [-0.2, -0.15) is 0 Å². The molecule has 1 N–H and O–H groups in total. The molecular formula is C14H8Cl3NOS. The van der Waals surface area contributed by atoms with Crippen LogP contribution in [0.1, 0.15) is 15.9 Å². The van der Waals surface area contributed by atoms with Crippen molar-refractivity contribution in [1.82, 2.24) is 4.98 Å². The summed E-state index contributed by atoms with van der Waals surface area (Å²) in [4.78, 5) is 14.7. The zero-order valence-corrected chi connectivity index (χ0v) is 13.3. The highest BCUT2D eigenvalue weighted by Gasteiger charge is 2.19. The summed E-state index contributed by atoms with van der Waals surface area (Å²) in [6.07, 6.45) is 0.793. The molecule has 0 aliphatic carbocycles. The summed E-state index contributed by atoms with van der Waals surface area (Å²) >= 11 is 19.6. The van der Waals surface area contributed by atoms with Gasteiger partial charge in [-0.3, -0.25) is 4.79 Å². The second-order valence-electron chi connectivity index (χ2n) is 4.38. The first kappa shape index (κ1) is 14.0. The van der Waals surface area contributed by atoms with Crippen LogP contribution in [-0.4, -0.2) is 11.3 Å². The fourth-order valence-corrected chi connectivity index (χ4v) is 4.00. The molecule has 0 aliphatic heterocycles. The number of thiophene rings is 1.